The van der Waals surface area contributed by atoms with Gasteiger partial charge in [0.15, 0.2) is 0 Å². The van der Waals surface area contributed by atoms with E-state index in [0.29, 0.717) is 5.56 Å². The summed E-state index contributed by atoms with van der Waals surface area (Å²) in [6.45, 7) is 3.68. The molecule has 21 heavy (non-hydrogen) atoms. The van der Waals surface area contributed by atoms with Crippen molar-refractivity contribution in [3.63, 3.8) is 0 Å². The molecule has 0 bridgehead atoms. The normalized spacial score (nSPS) is 13.8. The van der Waals surface area contributed by atoms with Crippen molar-refractivity contribution in [2.24, 2.45) is 0 Å². The van der Waals surface area contributed by atoms with E-state index in [1.54, 1.807) is 19.1 Å². The second kappa shape index (κ2) is 6.58. The highest BCUT2D eigenvalue weighted by molar-refractivity contribution is 9.10. The third-order valence-electron chi connectivity index (χ3n) is 3.76. The Hall–Kier alpha value is -1.39. The highest BCUT2D eigenvalue weighted by Gasteiger charge is 2.19. The van der Waals surface area contributed by atoms with Gasteiger partial charge in [-0.2, -0.15) is 0 Å². The standard InChI is InChI=1S/C17H19BrFNO/c1-11(14-6-4-5-7-16(14)19)20(3)17-10-13(18)8-9-15(17)12(2)21/h4-12,21H,1-3H3. The highest BCUT2D eigenvalue weighted by atomic mass is 79.9. The third kappa shape index (κ3) is 3.44. The average Bonchev–Trinajstić information content (AvgIpc) is 2.45. The Labute approximate surface area is 133 Å². The lowest BCUT2D eigenvalue weighted by Crippen LogP contribution is -2.24. The Balaban J connectivity index is 2.42. The minimum absolute atomic E-state index is 0.141. The number of benzene rings is 2. The molecule has 0 spiro atoms. The lowest BCUT2D eigenvalue weighted by molar-refractivity contribution is 0.199. The van der Waals surface area contributed by atoms with Crippen LogP contribution < -0.4 is 4.90 Å². The van der Waals surface area contributed by atoms with Gasteiger partial charge in [0.1, 0.15) is 5.82 Å². The van der Waals surface area contributed by atoms with Gasteiger partial charge in [-0.3, -0.25) is 0 Å². The van der Waals surface area contributed by atoms with Gasteiger partial charge in [-0.05, 0) is 32.0 Å². The zero-order valence-corrected chi connectivity index (χ0v) is 13.9. The van der Waals surface area contributed by atoms with E-state index in [-0.39, 0.29) is 11.9 Å². The van der Waals surface area contributed by atoms with Crippen LogP contribution in [0.2, 0.25) is 0 Å². The second-order valence-electron chi connectivity index (χ2n) is 5.19. The van der Waals surface area contributed by atoms with Crippen molar-refractivity contribution < 1.29 is 9.50 Å². The van der Waals surface area contributed by atoms with E-state index in [1.807, 2.05) is 43.1 Å². The molecular formula is C17H19BrFNO. The van der Waals surface area contributed by atoms with Crippen LogP contribution in [0, 0.1) is 5.82 Å². The van der Waals surface area contributed by atoms with Gasteiger partial charge in [0, 0.05) is 28.3 Å². The zero-order valence-electron chi connectivity index (χ0n) is 12.3. The van der Waals surface area contributed by atoms with Gasteiger partial charge >= 0.3 is 0 Å². The summed E-state index contributed by atoms with van der Waals surface area (Å²) in [5.41, 5.74) is 2.34. The van der Waals surface area contributed by atoms with Gasteiger partial charge in [-0.25, -0.2) is 4.39 Å². The molecule has 0 saturated heterocycles. The van der Waals surface area contributed by atoms with Crippen LogP contribution in [0.5, 0.6) is 0 Å². The van der Waals surface area contributed by atoms with Gasteiger partial charge < -0.3 is 10.0 Å². The summed E-state index contributed by atoms with van der Waals surface area (Å²) in [6.07, 6.45) is -0.580. The summed E-state index contributed by atoms with van der Waals surface area (Å²) in [5.74, 6) is -0.217. The summed E-state index contributed by atoms with van der Waals surface area (Å²) in [7, 11) is 1.91. The van der Waals surface area contributed by atoms with Crippen molar-refractivity contribution in [1.82, 2.24) is 0 Å². The fourth-order valence-corrected chi connectivity index (χ4v) is 2.76. The highest BCUT2D eigenvalue weighted by Crippen LogP contribution is 2.34. The minimum Gasteiger partial charge on any atom is -0.389 e. The fourth-order valence-electron chi connectivity index (χ4n) is 2.41. The average molecular weight is 352 g/mol. The van der Waals surface area contributed by atoms with Crippen molar-refractivity contribution in [3.05, 3.63) is 63.9 Å². The van der Waals surface area contributed by atoms with Crippen LogP contribution in [0.4, 0.5) is 10.1 Å². The smallest absolute Gasteiger partial charge is 0.128 e. The van der Waals surface area contributed by atoms with Crippen LogP contribution >= 0.6 is 15.9 Å². The van der Waals surface area contributed by atoms with Crippen molar-refractivity contribution in [2.45, 2.75) is 26.0 Å². The lowest BCUT2D eigenvalue weighted by Gasteiger charge is -2.30. The van der Waals surface area contributed by atoms with Gasteiger partial charge in [0.2, 0.25) is 0 Å². The molecule has 2 atom stereocenters. The topological polar surface area (TPSA) is 23.5 Å². The molecule has 2 nitrogen and oxygen atoms in total. The van der Waals surface area contributed by atoms with Crippen molar-refractivity contribution in [1.29, 1.82) is 0 Å². The van der Waals surface area contributed by atoms with Gasteiger partial charge in [0.05, 0.1) is 12.1 Å². The number of hydrogen-bond donors (Lipinski definition) is 1. The maximum atomic E-state index is 14.0. The van der Waals surface area contributed by atoms with Crippen LogP contribution in [0.25, 0.3) is 0 Å². The second-order valence-corrected chi connectivity index (χ2v) is 6.10. The number of halogens is 2. The molecule has 0 aromatic heterocycles. The molecule has 0 aliphatic heterocycles. The van der Waals surface area contributed by atoms with Crippen LogP contribution in [0.3, 0.4) is 0 Å². The molecule has 0 aliphatic carbocycles. The largest absolute Gasteiger partial charge is 0.389 e. The molecule has 0 fully saturated rings. The first-order valence-electron chi connectivity index (χ1n) is 6.86. The Morgan fingerprint density at radius 2 is 1.76 bits per heavy atom. The summed E-state index contributed by atoms with van der Waals surface area (Å²) in [5, 5.41) is 9.94. The predicted octanol–water partition coefficient (Wildman–Crippen LogP) is 4.84. The van der Waals surface area contributed by atoms with Crippen LogP contribution in [-0.4, -0.2) is 12.2 Å². The number of nitrogens with zero attached hydrogens (tertiary/aromatic N) is 1. The summed E-state index contributed by atoms with van der Waals surface area (Å²) in [6, 6.07) is 12.4. The maximum Gasteiger partial charge on any atom is 0.128 e. The molecule has 0 aliphatic rings. The molecular weight excluding hydrogens is 333 g/mol. The predicted molar refractivity (Wildman–Crippen MR) is 88.0 cm³/mol. The quantitative estimate of drug-likeness (QED) is 0.851. The van der Waals surface area contributed by atoms with Crippen molar-refractivity contribution in [2.75, 3.05) is 11.9 Å². The monoisotopic (exact) mass is 351 g/mol. The molecule has 2 aromatic rings. The molecule has 4 heteroatoms. The number of aliphatic hydroxyl groups is 1. The number of rotatable bonds is 4. The molecule has 0 heterocycles. The van der Waals surface area contributed by atoms with E-state index >= 15 is 0 Å². The SMILES string of the molecule is CC(O)c1ccc(Br)cc1N(C)C(C)c1ccccc1F. The van der Waals surface area contributed by atoms with E-state index in [1.165, 1.54) is 6.07 Å². The molecule has 2 rings (SSSR count). The van der Waals surface area contributed by atoms with Crippen molar-refractivity contribution in [3.8, 4) is 0 Å². The zero-order chi connectivity index (χ0) is 15.6. The Morgan fingerprint density at radius 1 is 1.10 bits per heavy atom. The van der Waals surface area contributed by atoms with E-state index in [2.05, 4.69) is 15.9 Å². The lowest BCUT2D eigenvalue weighted by atomic mass is 10.0. The van der Waals surface area contributed by atoms with Crippen LogP contribution in [-0.2, 0) is 0 Å². The van der Waals surface area contributed by atoms with E-state index < -0.39 is 6.10 Å². The summed E-state index contributed by atoms with van der Waals surface area (Å²) >= 11 is 3.45. The van der Waals surface area contributed by atoms with Crippen molar-refractivity contribution >= 4 is 21.6 Å². The Kier molecular flexibility index (Phi) is 5.01. The van der Waals surface area contributed by atoms with E-state index in [4.69, 9.17) is 0 Å². The van der Waals surface area contributed by atoms with Crippen LogP contribution in [0.1, 0.15) is 37.1 Å². The maximum absolute atomic E-state index is 14.0. The molecule has 1 N–H and O–H groups in total. The minimum atomic E-state index is -0.580. The first kappa shape index (κ1) is 16.0. The van der Waals surface area contributed by atoms with E-state index in [0.717, 1.165) is 15.7 Å². The molecule has 2 unspecified atom stereocenters. The Morgan fingerprint density at radius 3 is 2.38 bits per heavy atom. The summed E-state index contributed by atoms with van der Waals surface area (Å²) in [4.78, 5) is 1.98. The van der Waals surface area contributed by atoms with Gasteiger partial charge in [-0.1, -0.05) is 40.2 Å². The van der Waals surface area contributed by atoms with Crippen LogP contribution in [0.15, 0.2) is 46.9 Å². The molecule has 112 valence electrons. The molecule has 0 radical (unpaired) electrons. The first-order valence-corrected chi connectivity index (χ1v) is 7.66. The fraction of sp³-hybridized carbons (Fsp3) is 0.294. The number of hydrogen-bond acceptors (Lipinski definition) is 2. The van der Waals surface area contributed by atoms with Gasteiger partial charge in [0.25, 0.3) is 0 Å². The first-order chi connectivity index (χ1) is 9.91. The Bertz CT molecular complexity index is 630. The molecule has 0 saturated carbocycles. The van der Waals surface area contributed by atoms with Gasteiger partial charge in [-0.15, -0.1) is 0 Å². The number of anilines is 1. The molecule has 2 aromatic carbocycles. The molecule has 0 amide bonds. The third-order valence-corrected chi connectivity index (χ3v) is 4.25. The summed E-state index contributed by atoms with van der Waals surface area (Å²) < 4.78 is 14.9. The van der Waals surface area contributed by atoms with E-state index in [9.17, 15) is 9.50 Å². The number of aliphatic hydroxyl groups excluding tert-OH is 1.